The quantitative estimate of drug-likeness (QED) is 0.284. The molecular formula is C16H28IN5O. The van der Waals surface area contributed by atoms with E-state index in [2.05, 4.69) is 32.3 Å². The highest BCUT2D eigenvalue weighted by Crippen LogP contribution is 2.17. The Labute approximate surface area is 155 Å². The predicted octanol–water partition coefficient (Wildman–Crippen LogP) is 2.13. The van der Waals surface area contributed by atoms with E-state index >= 15 is 0 Å². The number of aromatic nitrogens is 1. The van der Waals surface area contributed by atoms with Crippen LogP contribution in [0.25, 0.3) is 0 Å². The lowest BCUT2D eigenvalue weighted by molar-refractivity contribution is 0.145. The Hall–Kier alpha value is -1.09. The van der Waals surface area contributed by atoms with Crippen molar-refractivity contribution in [2.24, 2.45) is 10.7 Å². The summed E-state index contributed by atoms with van der Waals surface area (Å²) in [5, 5.41) is 3.09. The molecule has 1 saturated heterocycles. The van der Waals surface area contributed by atoms with E-state index in [1.54, 1.807) is 0 Å². The second-order valence-corrected chi connectivity index (χ2v) is 5.40. The van der Waals surface area contributed by atoms with E-state index in [0.717, 1.165) is 50.7 Å². The van der Waals surface area contributed by atoms with Gasteiger partial charge in [0.05, 0.1) is 6.54 Å². The number of ether oxygens (including phenoxy) is 1. The minimum Gasteiger partial charge on any atom is -0.382 e. The Morgan fingerprint density at radius 1 is 1.39 bits per heavy atom. The molecule has 1 aliphatic heterocycles. The summed E-state index contributed by atoms with van der Waals surface area (Å²) in [7, 11) is 0. The molecular weight excluding hydrogens is 405 g/mol. The molecule has 2 heterocycles. The lowest BCUT2D eigenvalue weighted by Crippen LogP contribution is -2.32. The molecule has 0 radical (unpaired) electrons. The van der Waals surface area contributed by atoms with E-state index in [4.69, 9.17) is 10.5 Å². The zero-order chi connectivity index (χ0) is 15.6. The van der Waals surface area contributed by atoms with E-state index in [1.165, 1.54) is 12.8 Å². The molecule has 0 unspecified atom stereocenters. The van der Waals surface area contributed by atoms with Crippen LogP contribution in [0, 0.1) is 0 Å². The molecule has 0 saturated carbocycles. The van der Waals surface area contributed by atoms with Crippen LogP contribution in [0.2, 0.25) is 0 Å². The Balaban J connectivity index is 0.00000264. The maximum Gasteiger partial charge on any atom is 0.188 e. The van der Waals surface area contributed by atoms with Crippen LogP contribution in [-0.2, 0) is 11.3 Å². The van der Waals surface area contributed by atoms with Gasteiger partial charge in [0.1, 0.15) is 5.82 Å². The second-order valence-electron chi connectivity index (χ2n) is 5.40. The molecule has 7 heteroatoms. The Morgan fingerprint density at radius 2 is 2.17 bits per heavy atom. The van der Waals surface area contributed by atoms with Crippen molar-refractivity contribution in [1.82, 2.24) is 10.3 Å². The van der Waals surface area contributed by atoms with E-state index in [-0.39, 0.29) is 24.0 Å². The fourth-order valence-electron chi connectivity index (χ4n) is 2.41. The summed E-state index contributed by atoms with van der Waals surface area (Å²) in [6, 6.07) is 4.15. The summed E-state index contributed by atoms with van der Waals surface area (Å²) in [6.45, 7) is 7.06. The molecule has 0 aliphatic carbocycles. The molecule has 1 fully saturated rings. The fraction of sp³-hybridized carbons (Fsp3) is 0.625. The largest absolute Gasteiger partial charge is 0.382 e. The molecule has 0 spiro atoms. The molecule has 2 rings (SSSR count). The van der Waals surface area contributed by atoms with E-state index < -0.39 is 0 Å². The Bertz CT molecular complexity index is 460. The van der Waals surface area contributed by atoms with Gasteiger partial charge in [0.2, 0.25) is 0 Å². The lowest BCUT2D eigenvalue weighted by atomic mass is 10.3. The van der Waals surface area contributed by atoms with Crippen molar-refractivity contribution in [3.8, 4) is 0 Å². The smallest absolute Gasteiger partial charge is 0.188 e. The van der Waals surface area contributed by atoms with Gasteiger partial charge in [-0.15, -0.1) is 24.0 Å². The van der Waals surface area contributed by atoms with Crippen molar-refractivity contribution in [3.05, 3.63) is 23.9 Å². The van der Waals surface area contributed by atoms with Crippen LogP contribution >= 0.6 is 24.0 Å². The van der Waals surface area contributed by atoms with Crippen LogP contribution in [0.3, 0.4) is 0 Å². The molecule has 0 atom stereocenters. The maximum atomic E-state index is 5.84. The van der Waals surface area contributed by atoms with Gasteiger partial charge in [-0.3, -0.25) is 0 Å². The number of halogens is 1. The number of nitrogens with zero attached hydrogens (tertiary/aromatic N) is 3. The Kier molecular flexibility index (Phi) is 9.93. The van der Waals surface area contributed by atoms with Crippen molar-refractivity contribution >= 4 is 35.8 Å². The molecule has 23 heavy (non-hydrogen) atoms. The van der Waals surface area contributed by atoms with Crippen molar-refractivity contribution in [2.75, 3.05) is 37.7 Å². The zero-order valence-electron chi connectivity index (χ0n) is 13.8. The topological polar surface area (TPSA) is 75.8 Å². The standard InChI is InChI=1S/C16H27N5O.HI/c1-2-22-11-5-8-18-16(17)20-13-14-6-7-15(19-12-14)21-9-3-4-10-21;/h6-7,12H,2-5,8-11,13H2,1H3,(H3,17,18,20);1H. The summed E-state index contributed by atoms with van der Waals surface area (Å²) in [5.41, 5.74) is 6.91. The van der Waals surface area contributed by atoms with Crippen LogP contribution in [0.15, 0.2) is 23.3 Å². The van der Waals surface area contributed by atoms with Crippen molar-refractivity contribution in [2.45, 2.75) is 32.7 Å². The second kappa shape index (κ2) is 11.4. The van der Waals surface area contributed by atoms with E-state index in [9.17, 15) is 0 Å². The third-order valence-corrected chi connectivity index (χ3v) is 3.65. The minimum absolute atomic E-state index is 0. The van der Waals surface area contributed by atoms with Gasteiger partial charge in [-0.1, -0.05) is 6.07 Å². The number of hydrogen-bond acceptors (Lipinski definition) is 4. The molecule has 0 bridgehead atoms. The SMILES string of the molecule is CCOCCCNC(N)=NCc1ccc(N2CCCC2)nc1.I. The molecule has 1 aromatic rings. The predicted molar refractivity (Wildman–Crippen MR) is 106 cm³/mol. The number of hydrogen-bond donors (Lipinski definition) is 2. The average molecular weight is 433 g/mol. The summed E-state index contributed by atoms with van der Waals surface area (Å²) in [4.78, 5) is 11.2. The van der Waals surface area contributed by atoms with Crippen LogP contribution in [0.4, 0.5) is 5.82 Å². The zero-order valence-corrected chi connectivity index (χ0v) is 16.2. The van der Waals surface area contributed by atoms with Gasteiger partial charge in [-0.2, -0.15) is 0 Å². The van der Waals surface area contributed by atoms with Gasteiger partial charge in [0, 0.05) is 39.0 Å². The van der Waals surface area contributed by atoms with Gasteiger partial charge >= 0.3 is 0 Å². The number of guanidine groups is 1. The molecule has 6 nitrogen and oxygen atoms in total. The number of anilines is 1. The average Bonchev–Trinajstić information content (AvgIpc) is 3.08. The first-order valence-corrected chi connectivity index (χ1v) is 8.11. The van der Waals surface area contributed by atoms with E-state index in [1.807, 2.05) is 13.1 Å². The maximum absolute atomic E-state index is 5.84. The first-order chi connectivity index (χ1) is 10.8. The molecule has 1 aliphatic rings. The molecule has 3 N–H and O–H groups in total. The number of nitrogens with two attached hydrogens (primary N) is 1. The normalized spacial score (nSPS) is 14.7. The summed E-state index contributed by atoms with van der Waals surface area (Å²) in [5.74, 6) is 1.53. The van der Waals surface area contributed by atoms with Gasteiger partial charge in [-0.25, -0.2) is 9.98 Å². The highest BCUT2D eigenvalue weighted by Gasteiger charge is 2.12. The van der Waals surface area contributed by atoms with E-state index in [0.29, 0.717) is 12.5 Å². The minimum atomic E-state index is 0. The number of nitrogens with one attached hydrogen (secondary N) is 1. The van der Waals surface area contributed by atoms with Crippen LogP contribution in [0.1, 0.15) is 31.7 Å². The molecule has 0 amide bonds. The van der Waals surface area contributed by atoms with Crippen LogP contribution in [-0.4, -0.2) is 43.8 Å². The summed E-state index contributed by atoms with van der Waals surface area (Å²) >= 11 is 0. The number of rotatable bonds is 8. The summed E-state index contributed by atoms with van der Waals surface area (Å²) < 4.78 is 5.27. The number of pyridine rings is 1. The van der Waals surface area contributed by atoms with Gasteiger partial charge in [0.15, 0.2) is 5.96 Å². The third kappa shape index (κ3) is 7.34. The first-order valence-electron chi connectivity index (χ1n) is 8.11. The third-order valence-electron chi connectivity index (χ3n) is 3.65. The summed E-state index contributed by atoms with van der Waals surface area (Å²) in [6.07, 6.45) is 5.34. The molecule has 0 aromatic carbocycles. The highest BCUT2D eigenvalue weighted by molar-refractivity contribution is 14.0. The van der Waals surface area contributed by atoms with Gasteiger partial charge in [-0.05, 0) is 37.8 Å². The van der Waals surface area contributed by atoms with Gasteiger partial charge in [0.25, 0.3) is 0 Å². The first kappa shape index (κ1) is 20.0. The highest BCUT2D eigenvalue weighted by atomic mass is 127. The van der Waals surface area contributed by atoms with Crippen LogP contribution < -0.4 is 16.0 Å². The Morgan fingerprint density at radius 3 is 2.83 bits per heavy atom. The molecule has 1 aromatic heterocycles. The van der Waals surface area contributed by atoms with Crippen LogP contribution in [0.5, 0.6) is 0 Å². The van der Waals surface area contributed by atoms with Crippen molar-refractivity contribution < 1.29 is 4.74 Å². The monoisotopic (exact) mass is 433 g/mol. The van der Waals surface area contributed by atoms with Gasteiger partial charge < -0.3 is 20.7 Å². The molecule has 130 valence electrons. The van der Waals surface area contributed by atoms with Crippen molar-refractivity contribution in [1.29, 1.82) is 0 Å². The van der Waals surface area contributed by atoms with Crippen molar-refractivity contribution in [3.63, 3.8) is 0 Å². The lowest BCUT2D eigenvalue weighted by Gasteiger charge is -2.16. The number of aliphatic imine (C=N–C) groups is 1. The fourth-order valence-corrected chi connectivity index (χ4v) is 2.41.